The van der Waals surface area contributed by atoms with E-state index < -0.39 is 0 Å². The number of nitrogens with zero attached hydrogens (tertiary/aromatic N) is 1. The molecule has 1 aromatic rings. The van der Waals surface area contributed by atoms with E-state index in [1.54, 1.807) is 0 Å². The van der Waals surface area contributed by atoms with Gasteiger partial charge in [-0.3, -0.25) is 4.99 Å². The average Bonchev–Trinajstić information content (AvgIpc) is 2.46. The molecule has 2 N–H and O–H groups in total. The second kappa shape index (κ2) is 12.6. The van der Waals surface area contributed by atoms with Gasteiger partial charge in [0.15, 0.2) is 5.96 Å². The highest BCUT2D eigenvalue weighted by Gasteiger charge is 2.03. The lowest BCUT2D eigenvalue weighted by Crippen LogP contribution is -2.38. The van der Waals surface area contributed by atoms with Crippen LogP contribution in [0.2, 0.25) is 0 Å². The smallest absolute Gasteiger partial charge is 0.191 e. The first-order valence-electron chi connectivity index (χ1n) is 7.90. The normalized spacial score (nSPS) is 11.0. The Kier molecular flexibility index (Phi) is 12.0. The van der Waals surface area contributed by atoms with Gasteiger partial charge in [-0.2, -0.15) is 0 Å². The van der Waals surface area contributed by atoms with E-state index in [1.807, 2.05) is 19.1 Å². The summed E-state index contributed by atoms with van der Waals surface area (Å²) in [5.41, 5.74) is 1.23. The Morgan fingerprint density at radius 3 is 2.55 bits per heavy atom. The van der Waals surface area contributed by atoms with Crippen molar-refractivity contribution in [2.24, 2.45) is 10.9 Å². The molecule has 0 spiro atoms. The highest BCUT2D eigenvalue weighted by atomic mass is 127. The summed E-state index contributed by atoms with van der Waals surface area (Å²) in [4.78, 5) is 4.57. The third kappa shape index (κ3) is 8.46. The van der Waals surface area contributed by atoms with Crippen LogP contribution in [0.1, 0.15) is 33.3 Å². The molecule has 0 aliphatic heterocycles. The van der Waals surface area contributed by atoms with E-state index in [4.69, 9.17) is 4.74 Å². The van der Waals surface area contributed by atoms with Gasteiger partial charge in [-0.25, -0.2) is 0 Å². The zero-order valence-electron chi connectivity index (χ0n) is 14.2. The fraction of sp³-hybridized carbons (Fsp3) is 0.588. The summed E-state index contributed by atoms with van der Waals surface area (Å²) in [6.45, 7) is 11.7. The Morgan fingerprint density at radius 2 is 1.91 bits per heavy atom. The lowest BCUT2D eigenvalue weighted by atomic mass is 10.1. The molecule has 0 saturated heterocycles. The molecule has 1 rings (SSSR count). The van der Waals surface area contributed by atoms with Crippen LogP contribution in [0.15, 0.2) is 29.3 Å². The van der Waals surface area contributed by atoms with Crippen molar-refractivity contribution in [3.63, 3.8) is 0 Å². The van der Waals surface area contributed by atoms with Crippen LogP contribution in [0.5, 0.6) is 5.75 Å². The summed E-state index contributed by atoms with van der Waals surface area (Å²) in [6, 6.07) is 8.20. The molecule has 0 saturated carbocycles. The molecule has 22 heavy (non-hydrogen) atoms. The molecule has 0 fully saturated rings. The quantitative estimate of drug-likeness (QED) is 0.386. The van der Waals surface area contributed by atoms with E-state index in [-0.39, 0.29) is 24.0 Å². The molecule has 0 amide bonds. The van der Waals surface area contributed by atoms with E-state index >= 15 is 0 Å². The number of rotatable bonds is 8. The first-order chi connectivity index (χ1) is 10.2. The minimum atomic E-state index is 0. The van der Waals surface area contributed by atoms with Crippen LogP contribution in [-0.2, 0) is 6.42 Å². The zero-order chi connectivity index (χ0) is 15.5. The minimum Gasteiger partial charge on any atom is -0.494 e. The number of aliphatic imine (C=N–C) groups is 1. The van der Waals surface area contributed by atoms with Gasteiger partial charge in [0.1, 0.15) is 5.75 Å². The second-order valence-electron chi connectivity index (χ2n) is 5.33. The van der Waals surface area contributed by atoms with Gasteiger partial charge >= 0.3 is 0 Å². The molecule has 0 atom stereocenters. The van der Waals surface area contributed by atoms with Crippen molar-refractivity contribution in [3.05, 3.63) is 29.8 Å². The van der Waals surface area contributed by atoms with Gasteiger partial charge in [0.05, 0.1) is 6.61 Å². The third-order valence-corrected chi connectivity index (χ3v) is 2.92. The largest absolute Gasteiger partial charge is 0.494 e. The maximum atomic E-state index is 5.65. The molecule has 0 unspecified atom stereocenters. The highest BCUT2D eigenvalue weighted by Crippen LogP contribution is 2.17. The van der Waals surface area contributed by atoms with Crippen LogP contribution >= 0.6 is 24.0 Å². The molecule has 0 aliphatic rings. The number of hydrogen-bond donors (Lipinski definition) is 2. The molecule has 0 bridgehead atoms. The monoisotopic (exact) mass is 419 g/mol. The van der Waals surface area contributed by atoms with Crippen molar-refractivity contribution < 1.29 is 4.74 Å². The van der Waals surface area contributed by atoms with Crippen molar-refractivity contribution in [2.75, 3.05) is 26.2 Å². The van der Waals surface area contributed by atoms with Gasteiger partial charge in [-0.05, 0) is 37.8 Å². The second-order valence-corrected chi connectivity index (χ2v) is 5.33. The van der Waals surface area contributed by atoms with Crippen LogP contribution in [0.4, 0.5) is 0 Å². The predicted octanol–water partition coefficient (Wildman–Crippen LogP) is 3.46. The molecule has 0 aliphatic carbocycles. The van der Waals surface area contributed by atoms with E-state index in [0.717, 1.165) is 37.8 Å². The maximum absolute atomic E-state index is 5.65. The Balaban J connectivity index is 0.00000441. The van der Waals surface area contributed by atoms with E-state index in [0.29, 0.717) is 12.5 Å². The third-order valence-electron chi connectivity index (χ3n) is 2.92. The molecule has 0 heterocycles. The molecule has 4 nitrogen and oxygen atoms in total. The van der Waals surface area contributed by atoms with Gasteiger partial charge < -0.3 is 15.4 Å². The number of halogens is 1. The Morgan fingerprint density at radius 1 is 1.18 bits per heavy atom. The van der Waals surface area contributed by atoms with E-state index in [2.05, 4.69) is 48.5 Å². The van der Waals surface area contributed by atoms with Gasteiger partial charge in [0.25, 0.3) is 0 Å². The number of ether oxygens (including phenoxy) is 1. The SMILES string of the molecule is CCNC(=NCC(C)C)NCCc1ccccc1OCC.I. The molecule has 0 aromatic heterocycles. The van der Waals surface area contributed by atoms with Gasteiger partial charge in [-0.1, -0.05) is 32.0 Å². The number of nitrogens with one attached hydrogen (secondary N) is 2. The first-order valence-corrected chi connectivity index (χ1v) is 7.90. The summed E-state index contributed by atoms with van der Waals surface area (Å²) >= 11 is 0. The van der Waals surface area contributed by atoms with Crippen LogP contribution < -0.4 is 15.4 Å². The molecule has 126 valence electrons. The Hall–Kier alpha value is -0.980. The summed E-state index contributed by atoms with van der Waals surface area (Å²) in [7, 11) is 0. The maximum Gasteiger partial charge on any atom is 0.191 e. The van der Waals surface area contributed by atoms with Crippen molar-refractivity contribution in [1.82, 2.24) is 10.6 Å². The summed E-state index contributed by atoms with van der Waals surface area (Å²) < 4.78 is 5.65. The lowest BCUT2D eigenvalue weighted by Gasteiger charge is -2.13. The number of hydrogen-bond acceptors (Lipinski definition) is 2. The van der Waals surface area contributed by atoms with Crippen LogP contribution in [0, 0.1) is 5.92 Å². The lowest BCUT2D eigenvalue weighted by molar-refractivity contribution is 0.336. The van der Waals surface area contributed by atoms with Crippen molar-refractivity contribution in [1.29, 1.82) is 0 Å². The van der Waals surface area contributed by atoms with Crippen LogP contribution in [0.25, 0.3) is 0 Å². The number of guanidine groups is 1. The fourth-order valence-electron chi connectivity index (χ4n) is 1.94. The van der Waals surface area contributed by atoms with Crippen LogP contribution in [-0.4, -0.2) is 32.2 Å². The fourth-order valence-corrected chi connectivity index (χ4v) is 1.94. The molecule has 0 radical (unpaired) electrons. The molecule has 1 aromatic carbocycles. The predicted molar refractivity (Wildman–Crippen MR) is 106 cm³/mol. The Bertz CT molecular complexity index is 436. The average molecular weight is 419 g/mol. The van der Waals surface area contributed by atoms with Gasteiger partial charge in [0, 0.05) is 19.6 Å². The summed E-state index contributed by atoms with van der Waals surface area (Å²) in [5, 5.41) is 6.65. The Labute approximate surface area is 152 Å². The van der Waals surface area contributed by atoms with Gasteiger partial charge in [0.2, 0.25) is 0 Å². The van der Waals surface area contributed by atoms with E-state index in [9.17, 15) is 0 Å². The topological polar surface area (TPSA) is 45.7 Å². The molecule has 5 heteroatoms. The molecular weight excluding hydrogens is 389 g/mol. The number of benzene rings is 1. The molecular formula is C17H30IN3O. The van der Waals surface area contributed by atoms with Crippen molar-refractivity contribution in [2.45, 2.75) is 34.1 Å². The summed E-state index contributed by atoms with van der Waals surface area (Å²) in [5.74, 6) is 2.44. The van der Waals surface area contributed by atoms with Crippen molar-refractivity contribution in [3.8, 4) is 5.75 Å². The zero-order valence-corrected chi connectivity index (χ0v) is 16.5. The minimum absolute atomic E-state index is 0. The number of para-hydroxylation sites is 1. The first kappa shape index (κ1) is 21.0. The standard InChI is InChI=1S/C17H29N3O.HI/c1-5-18-17(20-13-14(3)4)19-12-11-15-9-7-8-10-16(15)21-6-2;/h7-10,14H,5-6,11-13H2,1-4H3,(H2,18,19,20);1H. The summed E-state index contributed by atoms with van der Waals surface area (Å²) in [6.07, 6.45) is 0.919. The van der Waals surface area contributed by atoms with Crippen molar-refractivity contribution >= 4 is 29.9 Å². The van der Waals surface area contributed by atoms with Crippen LogP contribution in [0.3, 0.4) is 0 Å². The highest BCUT2D eigenvalue weighted by molar-refractivity contribution is 14.0. The van der Waals surface area contributed by atoms with Gasteiger partial charge in [-0.15, -0.1) is 24.0 Å². The van der Waals surface area contributed by atoms with E-state index in [1.165, 1.54) is 5.56 Å².